The van der Waals surface area contributed by atoms with Gasteiger partial charge in [-0.25, -0.2) is 18.2 Å². The molecule has 0 aliphatic carbocycles. The minimum atomic E-state index is -4.16. The van der Waals surface area contributed by atoms with Crippen molar-refractivity contribution in [3.8, 4) is 0 Å². The first kappa shape index (κ1) is 16.8. The molecule has 0 amide bonds. The third-order valence-corrected chi connectivity index (χ3v) is 5.40. The minimum Gasteiger partial charge on any atom is -0.480 e. The van der Waals surface area contributed by atoms with Gasteiger partial charge >= 0.3 is 11.7 Å². The number of aromatic amines is 1. The van der Waals surface area contributed by atoms with Crippen LogP contribution in [-0.4, -0.2) is 51.4 Å². The van der Waals surface area contributed by atoms with Crippen molar-refractivity contribution in [1.29, 1.82) is 0 Å². The van der Waals surface area contributed by atoms with Gasteiger partial charge in [0.05, 0.1) is 5.39 Å². The number of aromatic nitrogens is 3. The number of sulfonamides is 1. The number of fused-ring (bicyclic) bond motifs is 1. The number of carboxylic acids is 1. The summed E-state index contributed by atoms with van der Waals surface area (Å²) in [7, 11) is -1.67. The predicted octanol–water partition coefficient (Wildman–Crippen LogP) is -1.28. The zero-order valence-corrected chi connectivity index (χ0v) is 13.3. The summed E-state index contributed by atoms with van der Waals surface area (Å²) in [4.78, 5) is 39.8. The molecule has 10 nitrogen and oxygen atoms in total. The molecule has 0 saturated carbocycles. The Morgan fingerprint density at radius 3 is 2.61 bits per heavy atom. The van der Waals surface area contributed by atoms with E-state index in [4.69, 9.17) is 5.11 Å². The van der Waals surface area contributed by atoms with Crippen LogP contribution in [0.25, 0.3) is 11.0 Å². The molecular formula is C12H14N4O6S. The zero-order valence-electron chi connectivity index (χ0n) is 12.5. The first-order chi connectivity index (χ1) is 10.6. The second-order valence-electron chi connectivity index (χ2n) is 4.90. The Hall–Kier alpha value is -2.53. The van der Waals surface area contributed by atoms with Gasteiger partial charge in [0.2, 0.25) is 10.0 Å². The molecule has 0 fully saturated rings. The molecule has 2 rings (SSSR count). The number of likely N-dealkylation sites (N-methyl/N-ethyl adjacent to an activating group) is 1. The summed E-state index contributed by atoms with van der Waals surface area (Å²) < 4.78 is 26.6. The van der Waals surface area contributed by atoms with Crippen LogP contribution in [-0.2, 0) is 21.9 Å². The van der Waals surface area contributed by atoms with Crippen LogP contribution in [0.15, 0.2) is 26.7 Å². The van der Waals surface area contributed by atoms with Crippen molar-refractivity contribution >= 4 is 27.0 Å². The predicted molar refractivity (Wildman–Crippen MR) is 79.7 cm³/mol. The van der Waals surface area contributed by atoms with Crippen LogP contribution in [0.3, 0.4) is 0 Å². The number of rotatable bonds is 4. The van der Waals surface area contributed by atoms with E-state index in [0.29, 0.717) is 4.31 Å². The smallest absolute Gasteiger partial charge is 0.329 e. The van der Waals surface area contributed by atoms with Gasteiger partial charge < -0.3 is 5.11 Å². The van der Waals surface area contributed by atoms with E-state index in [1.807, 2.05) is 4.98 Å². The molecule has 1 unspecified atom stereocenters. The summed E-state index contributed by atoms with van der Waals surface area (Å²) in [6.45, 7) is 1.21. The maximum Gasteiger partial charge on any atom is 0.329 e. The van der Waals surface area contributed by atoms with Crippen molar-refractivity contribution in [3.05, 3.63) is 33.1 Å². The molecule has 11 heteroatoms. The molecule has 124 valence electrons. The number of hydrogen-bond donors (Lipinski definition) is 2. The van der Waals surface area contributed by atoms with Crippen LogP contribution < -0.4 is 11.2 Å². The van der Waals surface area contributed by atoms with E-state index in [-0.39, 0.29) is 15.9 Å². The maximum absolute atomic E-state index is 12.4. The van der Waals surface area contributed by atoms with Gasteiger partial charge in [0.1, 0.15) is 16.6 Å². The first-order valence-corrected chi connectivity index (χ1v) is 7.81. The van der Waals surface area contributed by atoms with E-state index in [2.05, 4.69) is 4.98 Å². The lowest BCUT2D eigenvalue weighted by molar-refractivity contribution is -0.140. The van der Waals surface area contributed by atoms with Gasteiger partial charge in [-0.2, -0.15) is 4.31 Å². The molecule has 2 heterocycles. The summed E-state index contributed by atoms with van der Waals surface area (Å²) in [5.74, 6) is -1.31. The van der Waals surface area contributed by atoms with Crippen LogP contribution >= 0.6 is 0 Å². The van der Waals surface area contributed by atoms with Crippen molar-refractivity contribution in [3.63, 3.8) is 0 Å². The summed E-state index contributed by atoms with van der Waals surface area (Å²) in [5.41, 5.74) is -1.43. The lowest BCUT2D eigenvalue weighted by atomic mass is 10.3. The number of aryl methyl sites for hydroxylation is 1. The molecule has 23 heavy (non-hydrogen) atoms. The zero-order chi connectivity index (χ0) is 17.5. The Labute approximate surface area is 130 Å². The van der Waals surface area contributed by atoms with Crippen LogP contribution in [0.5, 0.6) is 0 Å². The molecule has 2 aromatic rings. The lowest BCUT2D eigenvalue weighted by Crippen LogP contribution is -2.40. The standard InChI is InChI=1S/C12H14N4O6S/c1-6(11(18)19)16(3)23(21,22)7-4-8-9(13-5-7)15(2)12(20)14-10(8)17/h4-6H,1-3H3,(H,18,19)(H,14,17,20). The third-order valence-electron chi connectivity index (χ3n) is 3.51. The van der Waals surface area contributed by atoms with Crippen LogP contribution in [0.1, 0.15) is 6.92 Å². The molecule has 0 aromatic carbocycles. The minimum absolute atomic E-state index is 0.0200. The van der Waals surface area contributed by atoms with E-state index >= 15 is 0 Å². The van der Waals surface area contributed by atoms with Crippen LogP contribution in [0.2, 0.25) is 0 Å². The molecule has 0 aliphatic rings. The average Bonchev–Trinajstić information content (AvgIpc) is 2.50. The molecule has 1 atom stereocenters. The largest absolute Gasteiger partial charge is 0.480 e. The van der Waals surface area contributed by atoms with Crippen LogP contribution in [0.4, 0.5) is 0 Å². The number of carboxylic acid groups (broad SMARTS) is 1. The number of aliphatic carboxylic acids is 1. The second kappa shape index (κ2) is 5.59. The van der Waals surface area contributed by atoms with Gasteiger partial charge in [0.25, 0.3) is 5.56 Å². The molecule has 2 N–H and O–H groups in total. The quantitative estimate of drug-likeness (QED) is 0.704. The molecule has 0 radical (unpaired) electrons. The second-order valence-corrected chi connectivity index (χ2v) is 6.89. The van der Waals surface area contributed by atoms with Crippen molar-refractivity contribution in [2.45, 2.75) is 17.9 Å². The summed E-state index contributed by atoms with van der Waals surface area (Å²) in [5, 5.41) is 8.84. The highest BCUT2D eigenvalue weighted by molar-refractivity contribution is 7.89. The van der Waals surface area contributed by atoms with Crippen molar-refractivity contribution in [2.75, 3.05) is 7.05 Å². The number of H-pyrrole nitrogens is 1. The number of hydrogen-bond acceptors (Lipinski definition) is 6. The fourth-order valence-corrected chi connectivity index (χ4v) is 3.18. The SMILES string of the molecule is CC(C(=O)O)N(C)S(=O)(=O)c1cnc2c(c1)c(=O)[nH]c(=O)n2C. The Bertz CT molecular complexity index is 1010. The van der Waals surface area contributed by atoms with E-state index in [1.54, 1.807) is 0 Å². The monoisotopic (exact) mass is 342 g/mol. The number of nitrogens with one attached hydrogen (secondary N) is 1. The van der Waals surface area contributed by atoms with E-state index in [0.717, 1.165) is 23.9 Å². The van der Waals surface area contributed by atoms with E-state index < -0.39 is 33.3 Å². The van der Waals surface area contributed by atoms with Gasteiger partial charge in [-0.1, -0.05) is 0 Å². The fraction of sp³-hybridized carbons (Fsp3) is 0.333. The topological polar surface area (TPSA) is 142 Å². The summed E-state index contributed by atoms with van der Waals surface area (Å²) >= 11 is 0. The first-order valence-electron chi connectivity index (χ1n) is 6.37. The Morgan fingerprint density at radius 2 is 2.04 bits per heavy atom. The molecule has 0 aliphatic heterocycles. The van der Waals surface area contributed by atoms with Gasteiger partial charge in [-0.15, -0.1) is 0 Å². The fourth-order valence-electron chi connectivity index (χ4n) is 1.89. The number of pyridine rings is 1. The molecule has 0 saturated heterocycles. The Morgan fingerprint density at radius 1 is 1.43 bits per heavy atom. The normalized spacial score (nSPS) is 13.4. The van der Waals surface area contributed by atoms with Crippen molar-refractivity contribution < 1.29 is 18.3 Å². The lowest BCUT2D eigenvalue weighted by Gasteiger charge is -2.20. The van der Waals surface area contributed by atoms with Gasteiger partial charge in [-0.05, 0) is 13.0 Å². The maximum atomic E-state index is 12.4. The Kier molecular flexibility index (Phi) is 4.09. The highest BCUT2D eigenvalue weighted by atomic mass is 32.2. The van der Waals surface area contributed by atoms with Crippen molar-refractivity contribution in [1.82, 2.24) is 18.8 Å². The number of nitrogens with zero attached hydrogens (tertiary/aromatic N) is 3. The molecular weight excluding hydrogens is 328 g/mol. The van der Waals surface area contributed by atoms with Crippen LogP contribution in [0, 0.1) is 0 Å². The summed E-state index contributed by atoms with van der Waals surface area (Å²) in [6.07, 6.45) is 0.974. The molecule has 0 bridgehead atoms. The van der Waals surface area contributed by atoms with Gasteiger partial charge in [0, 0.05) is 20.3 Å². The highest BCUT2D eigenvalue weighted by Gasteiger charge is 2.30. The molecule has 0 spiro atoms. The van der Waals surface area contributed by atoms with Gasteiger partial charge in [-0.3, -0.25) is 19.1 Å². The number of carbonyl (C=O) groups is 1. The Balaban J connectivity index is 2.68. The highest BCUT2D eigenvalue weighted by Crippen LogP contribution is 2.18. The average molecular weight is 342 g/mol. The third kappa shape index (κ3) is 2.75. The van der Waals surface area contributed by atoms with E-state index in [1.165, 1.54) is 14.0 Å². The summed E-state index contributed by atoms with van der Waals surface area (Å²) in [6, 6.07) is -0.241. The van der Waals surface area contributed by atoms with Crippen molar-refractivity contribution in [2.24, 2.45) is 7.05 Å². The van der Waals surface area contributed by atoms with E-state index in [9.17, 15) is 22.8 Å². The van der Waals surface area contributed by atoms with Gasteiger partial charge in [0.15, 0.2) is 0 Å². The molecule has 2 aromatic heterocycles.